The fourth-order valence-electron chi connectivity index (χ4n) is 1.20. The number of hydrogen-bond acceptors (Lipinski definition) is 6. The third-order valence-corrected chi connectivity index (χ3v) is 2.60. The average molecular weight is 236 g/mol. The summed E-state index contributed by atoms with van der Waals surface area (Å²) in [7, 11) is 0. The van der Waals surface area contributed by atoms with Gasteiger partial charge in [-0.1, -0.05) is 0 Å². The van der Waals surface area contributed by atoms with Gasteiger partial charge in [-0.05, 0) is 30.7 Å². The number of aromatic amines is 1. The molecule has 0 aromatic carbocycles. The molecule has 2 heterocycles. The second kappa shape index (κ2) is 5.04. The van der Waals surface area contributed by atoms with Crippen molar-refractivity contribution in [1.82, 2.24) is 25.1 Å². The van der Waals surface area contributed by atoms with E-state index in [1.54, 1.807) is 12.4 Å². The minimum Gasteiger partial charge on any atom is -0.328 e. The molecule has 2 rings (SSSR count). The van der Waals surface area contributed by atoms with Crippen molar-refractivity contribution in [2.24, 2.45) is 5.73 Å². The van der Waals surface area contributed by atoms with Crippen LogP contribution in [-0.4, -0.2) is 31.2 Å². The first-order valence-electron chi connectivity index (χ1n) is 4.84. The van der Waals surface area contributed by atoms with Crippen LogP contribution in [0.15, 0.2) is 29.0 Å². The van der Waals surface area contributed by atoms with Crippen molar-refractivity contribution in [3.63, 3.8) is 0 Å². The lowest BCUT2D eigenvalue weighted by Gasteiger charge is -2.04. The van der Waals surface area contributed by atoms with Crippen molar-refractivity contribution in [1.29, 1.82) is 0 Å². The molecule has 0 fully saturated rings. The molecular formula is C9H12N6S. The number of rotatable bonds is 4. The van der Waals surface area contributed by atoms with E-state index >= 15 is 0 Å². The topological polar surface area (TPSA) is 93.4 Å². The van der Waals surface area contributed by atoms with Crippen LogP contribution in [0.25, 0.3) is 0 Å². The summed E-state index contributed by atoms with van der Waals surface area (Å²) in [6, 6.07) is 0.122. The van der Waals surface area contributed by atoms with Crippen molar-refractivity contribution in [2.45, 2.75) is 29.7 Å². The average Bonchev–Trinajstić information content (AvgIpc) is 2.73. The number of nitrogens with one attached hydrogen (secondary N) is 1. The largest absolute Gasteiger partial charge is 0.328 e. The quantitative estimate of drug-likeness (QED) is 0.756. The van der Waals surface area contributed by atoms with Crippen LogP contribution in [0.1, 0.15) is 12.5 Å². The molecule has 0 radical (unpaired) electrons. The van der Waals surface area contributed by atoms with Gasteiger partial charge in [-0.3, -0.25) is 5.10 Å². The SMILES string of the molecule is CC(N)Cc1cnc(Sc2ncn[nH]2)nc1. The third-order valence-electron chi connectivity index (χ3n) is 1.82. The van der Waals surface area contributed by atoms with E-state index < -0.39 is 0 Å². The lowest BCUT2D eigenvalue weighted by molar-refractivity contribution is 0.727. The highest BCUT2D eigenvalue weighted by Crippen LogP contribution is 2.19. The molecule has 84 valence electrons. The summed E-state index contributed by atoms with van der Waals surface area (Å²) in [5.41, 5.74) is 6.73. The first-order chi connectivity index (χ1) is 7.74. The predicted octanol–water partition coefficient (Wildman–Crippen LogP) is 0.636. The van der Waals surface area contributed by atoms with Gasteiger partial charge in [0.1, 0.15) is 6.33 Å². The van der Waals surface area contributed by atoms with E-state index in [2.05, 4.69) is 25.1 Å². The summed E-state index contributed by atoms with van der Waals surface area (Å²) in [6.07, 6.45) is 5.81. The van der Waals surface area contributed by atoms with Crippen molar-refractivity contribution in [3.8, 4) is 0 Å². The monoisotopic (exact) mass is 236 g/mol. The second-order valence-electron chi connectivity index (χ2n) is 3.45. The minimum absolute atomic E-state index is 0.122. The van der Waals surface area contributed by atoms with Crippen LogP contribution in [0.2, 0.25) is 0 Å². The molecule has 2 aromatic rings. The van der Waals surface area contributed by atoms with Crippen molar-refractivity contribution in [3.05, 3.63) is 24.3 Å². The molecule has 3 N–H and O–H groups in total. The standard InChI is InChI=1S/C9H12N6S/c1-6(10)2-7-3-11-8(12-4-7)16-9-13-5-14-15-9/h3-6H,2,10H2,1H3,(H,13,14,15). The molecule has 0 aliphatic carbocycles. The Morgan fingerprint density at radius 2 is 2.12 bits per heavy atom. The van der Waals surface area contributed by atoms with Gasteiger partial charge in [0.25, 0.3) is 0 Å². The number of hydrogen-bond donors (Lipinski definition) is 2. The van der Waals surface area contributed by atoms with E-state index in [1.807, 2.05) is 6.92 Å². The molecule has 0 saturated carbocycles. The maximum absolute atomic E-state index is 5.69. The van der Waals surface area contributed by atoms with Gasteiger partial charge >= 0.3 is 0 Å². The molecule has 1 atom stereocenters. The fraction of sp³-hybridized carbons (Fsp3) is 0.333. The molecule has 0 amide bonds. The van der Waals surface area contributed by atoms with Gasteiger partial charge < -0.3 is 5.73 Å². The Balaban J connectivity index is 2.02. The van der Waals surface area contributed by atoms with Crippen LogP contribution >= 0.6 is 11.8 Å². The Hall–Kier alpha value is -1.47. The van der Waals surface area contributed by atoms with E-state index in [0.717, 1.165) is 12.0 Å². The lowest BCUT2D eigenvalue weighted by atomic mass is 10.1. The van der Waals surface area contributed by atoms with Crippen molar-refractivity contribution < 1.29 is 0 Å². The normalized spacial score (nSPS) is 12.6. The minimum atomic E-state index is 0.122. The molecular weight excluding hydrogens is 224 g/mol. The van der Waals surface area contributed by atoms with E-state index in [9.17, 15) is 0 Å². The fourth-order valence-corrected chi connectivity index (χ4v) is 1.78. The van der Waals surface area contributed by atoms with Crippen LogP contribution in [-0.2, 0) is 6.42 Å². The predicted molar refractivity (Wildman–Crippen MR) is 59.9 cm³/mol. The molecule has 0 saturated heterocycles. The summed E-state index contributed by atoms with van der Waals surface area (Å²) in [6.45, 7) is 1.96. The van der Waals surface area contributed by atoms with Gasteiger partial charge in [0.05, 0.1) is 0 Å². The van der Waals surface area contributed by atoms with Crippen LogP contribution in [0, 0.1) is 0 Å². The van der Waals surface area contributed by atoms with E-state index in [0.29, 0.717) is 10.3 Å². The van der Waals surface area contributed by atoms with Gasteiger partial charge in [-0.25, -0.2) is 15.0 Å². The summed E-state index contributed by atoms with van der Waals surface area (Å²) in [5.74, 6) is 0. The zero-order chi connectivity index (χ0) is 11.4. The molecule has 0 aliphatic heterocycles. The van der Waals surface area contributed by atoms with E-state index in [1.165, 1.54) is 18.1 Å². The van der Waals surface area contributed by atoms with Gasteiger partial charge in [-0.2, -0.15) is 5.10 Å². The molecule has 2 aromatic heterocycles. The maximum atomic E-state index is 5.69. The first kappa shape index (κ1) is 11.0. The molecule has 0 bridgehead atoms. The van der Waals surface area contributed by atoms with Crippen molar-refractivity contribution in [2.75, 3.05) is 0 Å². The van der Waals surface area contributed by atoms with Gasteiger partial charge in [0, 0.05) is 18.4 Å². The van der Waals surface area contributed by atoms with Gasteiger partial charge in [-0.15, -0.1) is 0 Å². The Bertz CT molecular complexity index is 424. The van der Waals surface area contributed by atoms with Gasteiger partial charge in [0.15, 0.2) is 10.3 Å². The Kier molecular flexibility index (Phi) is 3.47. The zero-order valence-electron chi connectivity index (χ0n) is 8.79. The maximum Gasteiger partial charge on any atom is 0.195 e. The Labute approximate surface area is 97.1 Å². The molecule has 7 heteroatoms. The number of nitrogens with two attached hydrogens (primary N) is 1. The summed E-state index contributed by atoms with van der Waals surface area (Å²) in [5, 5.41) is 7.80. The molecule has 1 unspecified atom stereocenters. The van der Waals surface area contributed by atoms with Crippen LogP contribution in [0.3, 0.4) is 0 Å². The zero-order valence-corrected chi connectivity index (χ0v) is 9.61. The summed E-state index contributed by atoms with van der Waals surface area (Å²) >= 11 is 1.34. The summed E-state index contributed by atoms with van der Waals surface area (Å²) in [4.78, 5) is 12.4. The van der Waals surface area contributed by atoms with Gasteiger partial charge in [0.2, 0.25) is 0 Å². The number of H-pyrrole nitrogens is 1. The third kappa shape index (κ3) is 3.01. The molecule has 0 aliphatic rings. The molecule has 0 spiro atoms. The highest BCUT2D eigenvalue weighted by Gasteiger charge is 2.04. The van der Waals surface area contributed by atoms with Crippen LogP contribution in [0.5, 0.6) is 0 Å². The van der Waals surface area contributed by atoms with E-state index in [4.69, 9.17) is 5.73 Å². The smallest absolute Gasteiger partial charge is 0.195 e. The molecule has 6 nitrogen and oxygen atoms in total. The molecule has 16 heavy (non-hydrogen) atoms. The van der Waals surface area contributed by atoms with E-state index in [-0.39, 0.29) is 6.04 Å². The Morgan fingerprint density at radius 1 is 1.38 bits per heavy atom. The first-order valence-corrected chi connectivity index (χ1v) is 5.65. The second-order valence-corrected chi connectivity index (χ2v) is 4.40. The number of aromatic nitrogens is 5. The van der Waals surface area contributed by atoms with Crippen molar-refractivity contribution >= 4 is 11.8 Å². The van der Waals surface area contributed by atoms with Crippen LogP contribution < -0.4 is 5.73 Å². The summed E-state index contributed by atoms with van der Waals surface area (Å²) < 4.78 is 0. The highest BCUT2D eigenvalue weighted by molar-refractivity contribution is 7.99. The van der Waals surface area contributed by atoms with Crippen LogP contribution in [0.4, 0.5) is 0 Å². The Morgan fingerprint density at radius 3 is 2.69 bits per heavy atom. The highest BCUT2D eigenvalue weighted by atomic mass is 32.2. The lowest BCUT2D eigenvalue weighted by Crippen LogP contribution is -2.17. The number of nitrogens with zero attached hydrogens (tertiary/aromatic N) is 4.